The van der Waals surface area contributed by atoms with Crippen molar-refractivity contribution in [3.05, 3.63) is 41.8 Å². The number of hydrogen-bond donors (Lipinski definition) is 1. The lowest BCUT2D eigenvalue weighted by molar-refractivity contribution is 0.0636. The molecule has 2 rings (SSSR count). The van der Waals surface area contributed by atoms with Gasteiger partial charge < -0.3 is 4.74 Å². The fourth-order valence-electron chi connectivity index (χ4n) is 1.67. The van der Waals surface area contributed by atoms with Gasteiger partial charge in [0.25, 0.3) is 0 Å². The summed E-state index contributed by atoms with van der Waals surface area (Å²) in [7, 11) is 0. The van der Waals surface area contributed by atoms with Crippen molar-refractivity contribution in [1.82, 2.24) is 9.97 Å². The summed E-state index contributed by atoms with van der Waals surface area (Å²) in [5.74, 6) is 0. The van der Waals surface area contributed by atoms with Gasteiger partial charge in [-0.3, -0.25) is 10.3 Å². The number of nitrogens with one attached hydrogen (secondary N) is 1. The highest BCUT2D eigenvalue weighted by atomic mass is 35.5. The fourth-order valence-corrected chi connectivity index (χ4v) is 1.83. The number of carbonyl (C=O) groups excluding carboxylic acids is 1. The molecule has 1 N–H and O–H groups in total. The SMILES string of the molecule is CC(C)(C)OC(=O)Nc1cc(Cl)ncc1-c1ccccn1. The largest absolute Gasteiger partial charge is 0.444 e. The highest BCUT2D eigenvalue weighted by molar-refractivity contribution is 6.29. The number of amides is 1. The van der Waals surface area contributed by atoms with Crippen LogP contribution in [-0.4, -0.2) is 21.7 Å². The van der Waals surface area contributed by atoms with Crippen LogP contribution in [0, 0.1) is 0 Å². The van der Waals surface area contributed by atoms with E-state index in [4.69, 9.17) is 16.3 Å². The van der Waals surface area contributed by atoms with E-state index >= 15 is 0 Å². The van der Waals surface area contributed by atoms with Crippen LogP contribution in [0.25, 0.3) is 11.3 Å². The minimum Gasteiger partial charge on any atom is -0.444 e. The molecule has 0 saturated heterocycles. The Hall–Kier alpha value is -2.14. The second-order valence-corrected chi connectivity index (χ2v) is 5.78. The van der Waals surface area contributed by atoms with E-state index in [0.29, 0.717) is 16.9 Å². The van der Waals surface area contributed by atoms with E-state index in [1.807, 2.05) is 18.2 Å². The van der Waals surface area contributed by atoms with Crippen LogP contribution in [0.1, 0.15) is 20.8 Å². The van der Waals surface area contributed by atoms with Crippen LogP contribution in [0.4, 0.5) is 10.5 Å². The molecule has 0 fully saturated rings. The number of aromatic nitrogens is 2. The number of nitrogens with zero attached hydrogens (tertiary/aromatic N) is 2. The van der Waals surface area contributed by atoms with Crippen LogP contribution in [0.3, 0.4) is 0 Å². The molecule has 0 unspecified atom stereocenters. The Labute approximate surface area is 128 Å². The second kappa shape index (κ2) is 6.10. The van der Waals surface area contributed by atoms with Crippen molar-refractivity contribution in [2.45, 2.75) is 26.4 Å². The number of rotatable bonds is 2. The van der Waals surface area contributed by atoms with E-state index in [1.54, 1.807) is 39.2 Å². The maximum Gasteiger partial charge on any atom is 0.412 e. The molecule has 0 aliphatic heterocycles. The summed E-state index contributed by atoms with van der Waals surface area (Å²) in [6.07, 6.45) is 2.68. The molecule has 1 amide bonds. The lowest BCUT2D eigenvalue weighted by Crippen LogP contribution is -2.27. The van der Waals surface area contributed by atoms with E-state index < -0.39 is 11.7 Å². The Morgan fingerprint density at radius 1 is 1.29 bits per heavy atom. The van der Waals surface area contributed by atoms with Crippen molar-refractivity contribution in [2.75, 3.05) is 5.32 Å². The Kier molecular flexibility index (Phi) is 4.43. The van der Waals surface area contributed by atoms with E-state index in [2.05, 4.69) is 15.3 Å². The van der Waals surface area contributed by atoms with Gasteiger partial charge in [-0.1, -0.05) is 17.7 Å². The Balaban J connectivity index is 2.30. The summed E-state index contributed by atoms with van der Waals surface area (Å²) >= 11 is 5.90. The van der Waals surface area contributed by atoms with Gasteiger partial charge in [0.05, 0.1) is 11.4 Å². The van der Waals surface area contributed by atoms with Gasteiger partial charge in [0, 0.05) is 18.0 Å². The summed E-state index contributed by atoms with van der Waals surface area (Å²) < 4.78 is 5.24. The van der Waals surface area contributed by atoms with Crippen molar-refractivity contribution < 1.29 is 9.53 Å². The summed E-state index contributed by atoms with van der Waals surface area (Å²) in [5, 5.41) is 2.96. The minimum absolute atomic E-state index is 0.278. The van der Waals surface area contributed by atoms with E-state index in [0.717, 1.165) is 0 Å². The van der Waals surface area contributed by atoms with Crippen LogP contribution in [0.5, 0.6) is 0 Å². The predicted molar refractivity (Wildman–Crippen MR) is 82.3 cm³/mol. The summed E-state index contributed by atoms with van der Waals surface area (Å²) in [6, 6.07) is 7.06. The lowest BCUT2D eigenvalue weighted by atomic mass is 10.1. The molecule has 5 nitrogen and oxygen atoms in total. The van der Waals surface area contributed by atoms with Crippen molar-refractivity contribution in [2.24, 2.45) is 0 Å². The maximum atomic E-state index is 11.9. The first-order valence-corrected chi connectivity index (χ1v) is 6.80. The number of ether oxygens (including phenoxy) is 1. The molecule has 0 atom stereocenters. The van der Waals surface area contributed by atoms with Crippen molar-refractivity contribution in [1.29, 1.82) is 0 Å². The van der Waals surface area contributed by atoms with Crippen LogP contribution in [-0.2, 0) is 4.74 Å². The molecule has 6 heteroatoms. The van der Waals surface area contributed by atoms with Crippen molar-refractivity contribution in [3.63, 3.8) is 0 Å². The van der Waals surface area contributed by atoms with Crippen molar-refractivity contribution >= 4 is 23.4 Å². The third-order valence-corrected chi connectivity index (χ3v) is 2.65. The van der Waals surface area contributed by atoms with Crippen LogP contribution in [0.15, 0.2) is 36.7 Å². The van der Waals surface area contributed by atoms with Gasteiger partial charge >= 0.3 is 6.09 Å². The minimum atomic E-state index is -0.577. The van der Waals surface area contributed by atoms with Gasteiger partial charge in [0.15, 0.2) is 0 Å². The zero-order valence-electron chi connectivity index (χ0n) is 12.1. The molecule has 21 heavy (non-hydrogen) atoms. The summed E-state index contributed by atoms with van der Waals surface area (Å²) in [4.78, 5) is 20.2. The van der Waals surface area contributed by atoms with Gasteiger partial charge in [0.2, 0.25) is 0 Å². The second-order valence-electron chi connectivity index (χ2n) is 5.39. The third-order valence-electron chi connectivity index (χ3n) is 2.45. The normalized spacial score (nSPS) is 11.0. The molecule has 0 bridgehead atoms. The molecular weight excluding hydrogens is 290 g/mol. The van der Waals surface area contributed by atoms with Gasteiger partial charge in [-0.15, -0.1) is 0 Å². The Morgan fingerprint density at radius 3 is 2.67 bits per heavy atom. The van der Waals surface area contributed by atoms with Crippen LogP contribution in [0.2, 0.25) is 5.15 Å². The van der Waals surface area contributed by atoms with E-state index in [-0.39, 0.29) is 5.15 Å². The lowest BCUT2D eigenvalue weighted by Gasteiger charge is -2.20. The van der Waals surface area contributed by atoms with Gasteiger partial charge in [-0.25, -0.2) is 9.78 Å². The zero-order chi connectivity index (χ0) is 15.5. The maximum absolute atomic E-state index is 11.9. The molecule has 0 aliphatic rings. The topological polar surface area (TPSA) is 64.1 Å². The summed E-state index contributed by atoms with van der Waals surface area (Å²) in [6.45, 7) is 5.39. The smallest absolute Gasteiger partial charge is 0.412 e. The molecule has 2 aromatic heterocycles. The first-order chi connectivity index (χ1) is 9.85. The van der Waals surface area contributed by atoms with Crippen molar-refractivity contribution in [3.8, 4) is 11.3 Å². The Bertz CT molecular complexity index is 639. The fraction of sp³-hybridized carbons (Fsp3) is 0.267. The highest BCUT2D eigenvalue weighted by Gasteiger charge is 2.18. The molecule has 0 saturated carbocycles. The number of hydrogen-bond acceptors (Lipinski definition) is 4. The molecular formula is C15H16ClN3O2. The van der Waals surface area contributed by atoms with Gasteiger partial charge in [0.1, 0.15) is 10.8 Å². The number of carbonyl (C=O) groups is 1. The molecule has 2 heterocycles. The average molecular weight is 306 g/mol. The quantitative estimate of drug-likeness (QED) is 0.847. The standard InChI is InChI=1S/C15H16ClN3O2/c1-15(2,3)21-14(20)19-12-8-13(16)18-9-10(12)11-6-4-5-7-17-11/h4-9H,1-3H3,(H,18,19,20). The molecule has 110 valence electrons. The monoisotopic (exact) mass is 305 g/mol. The number of anilines is 1. The molecule has 0 radical (unpaired) electrons. The van der Waals surface area contributed by atoms with Gasteiger partial charge in [-0.2, -0.15) is 0 Å². The van der Waals surface area contributed by atoms with Crippen LogP contribution >= 0.6 is 11.6 Å². The first kappa shape index (κ1) is 15.3. The van der Waals surface area contributed by atoms with Crippen LogP contribution < -0.4 is 5.32 Å². The molecule has 0 aliphatic carbocycles. The highest BCUT2D eigenvalue weighted by Crippen LogP contribution is 2.28. The Morgan fingerprint density at radius 2 is 2.05 bits per heavy atom. The number of halogens is 1. The number of pyridine rings is 2. The molecule has 0 aromatic carbocycles. The first-order valence-electron chi connectivity index (χ1n) is 6.42. The molecule has 2 aromatic rings. The average Bonchev–Trinajstić information content (AvgIpc) is 2.37. The third kappa shape index (κ3) is 4.43. The zero-order valence-corrected chi connectivity index (χ0v) is 12.8. The molecule has 0 spiro atoms. The van der Waals surface area contributed by atoms with E-state index in [1.165, 1.54) is 0 Å². The van der Waals surface area contributed by atoms with Gasteiger partial charge in [-0.05, 0) is 39.0 Å². The van der Waals surface area contributed by atoms with E-state index in [9.17, 15) is 4.79 Å². The summed E-state index contributed by atoms with van der Waals surface area (Å²) in [5.41, 5.74) is 1.29. The predicted octanol–water partition coefficient (Wildman–Crippen LogP) is 4.14.